The third-order valence-electron chi connectivity index (χ3n) is 4.81. The van der Waals surface area contributed by atoms with Gasteiger partial charge in [-0.2, -0.15) is 13.2 Å². The quantitative estimate of drug-likeness (QED) is 0.438. The predicted molar refractivity (Wildman–Crippen MR) is 118 cm³/mol. The summed E-state index contributed by atoms with van der Waals surface area (Å²) in [5, 5.41) is 2.66. The van der Waals surface area contributed by atoms with E-state index in [0.29, 0.717) is 11.3 Å². The largest absolute Gasteiger partial charge is 0.416 e. The Morgan fingerprint density at radius 2 is 1.88 bits per heavy atom. The molecule has 0 saturated heterocycles. The number of hydrogen-bond acceptors (Lipinski definition) is 3. The SMILES string of the molecule is Cc1ccc(NC(=O)c2cc(-n3ccnc3)cc(C(F)(F)F)c2)cc1C#Cc1cccnc1. The molecule has 0 fully saturated rings. The summed E-state index contributed by atoms with van der Waals surface area (Å²) in [5.74, 6) is 5.37. The van der Waals surface area contributed by atoms with Gasteiger partial charge in [-0.05, 0) is 55.0 Å². The summed E-state index contributed by atoms with van der Waals surface area (Å²) in [4.78, 5) is 20.7. The third-order valence-corrected chi connectivity index (χ3v) is 4.81. The minimum Gasteiger partial charge on any atom is -0.322 e. The monoisotopic (exact) mass is 446 g/mol. The smallest absolute Gasteiger partial charge is 0.322 e. The molecule has 164 valence electrons. The second kappa shape index (κ2) is 9.01. The third kappa shape index (κ3) is 5.28. The van der Waals surface area contributed by atoms with Crippen LogP contribution in [0.25, 0.3) is 5.69 Å². The van der Waals surface area contributed by atoms with Gasteiger partial charge in [0.2, 0.25) is 0 Å². The number of imidazole rings is 1. The Bertz CT molecular complexity index is 1350. The number of aromatic nitrogens is 3. The molecule has 8 heteroatoms. The Balaban J connectivity index is 1.63. The summed E-state index contributed by atoms with van der Waals surface area (Å²) in [6.45, 7) is 1.88. The minimum atomic E-state index is -4.61. The number of rotatable bonds is 3. The van der Waals surface area contributed by atoms with Crippen LogP contribution in [0.4, 0.5) is 18.9 Å². The number of halogens is 3. The van der Waals surface area contributed by atoms with Crippen LogP contribution in [0.2, 0.25) is 0 Å². The Kier molecular flexibility index (Phi) is 5.96. The van der Waals surface area contributed by atoms with Crippen LogP contribution in [-0.2, 0) is 6.18 Å². The van der Waals surface area contributed by atoms with Crippen molar-refractivity contribution in [2.24, 2.45) is 0 Å². The number of anilines is 1. The first-order valence-electron chi connectivity index (χ1n) is 9.84. The van der Waals surface area contributed by atoms with Crippen LogP contribution < -0.4 is 5.32 Å². The molecule has 4 aromatic rings. The normalized spacial score (nSPS) is 10.9. The molecule has 0 aliphatic heterocycles. The van der Waals surface area contributed by atoms with Gasteiger partial charge in [0.1, 0.15) is 0 Å². The Morgan fingerprint density at radius 1 is 1.03 bits per heavy atom. The highest BCUT2D eigenvalue weighted by Gasteiger charge is 2.32. The van der Waals surface area contributed by atoms with Gasteiger partial charge in [-0.15, -0.1) is 0 Å². The number of carbonyl (C=O) groups is 1. The Hall–Kier alpha value is -4.38. The van der Waals surface area contributed by atoms with Crippen molar-refractivity contribution in [1.82, 2.24) is 14.5 Å². The van der Waals surface area contributed by atoms with Crippen LogP contribution in [-0.4, -0.2) is 20.4 Å². The summed E-state index contributed by atoms with van der Waals surface area (Å²) in [6.07, 6.45) is 3.00. The number of amides is 1. The van der Waals surface area contributed by atoms with Gasteiger partial charge in [0.15, 0.2) is 0 Å². The Labute approximate surface area is 187 Å². The molecule has 0 unspecified atom stereocenters. The van der Waals surface area contributed by atoms with Crippen LogP contribution in [0.5, 0.6) is 0 Å². The molecule has 1 N–H and O–H groups in total. The van der Waals surface area contributed by atoms with Crippen molar-refractivity contribution in [2.75, 3.05) is 5.32 Å². The van der Waals surface area contributed by atoms with E-state index < -0.39 is 17.6 Å². The van der Waals surface area contributed by atoms with Gasteiger partial charge >= 0.3 is 6.18 Å². The number of hydrogen-bond donors (Lipinski definition) is 1. The lowest BCUT2D eigenvalue weighted by Crippen LogP contribution is -2.15. The summed E-state index contributed by atoms with van der Waals surface area (Å²) < 4.78 is 41.7. The standard InChI is InChI=1S/C25H17F3N4O/c1-17-4-7-22(12-19(17)6-5-18-3-2-8-29-15-18)31-24(33)20-11-21(25(26,27)28)14-23(13-20)32-10-9-30-16-32/h2-4,7-16H,1H3,(H,31,33). The van der Waals surface area contributed by atoms with E-state index in [2.05, 4.69) is 27.1 Å². The molecule has 0 radical (unpaired) electrons. The fourth-order valence-corrected chi connectivity index (χ4v) is 3.08. The van der Waals surface area contributed by atoms with Crippen LogP contribution in [0, 0.1) is 18.8 Å². The van der Waals surface area contributed by atoms with Gasteiger partial charge in [0.25, 0.3) is 5.91 Å². The van der Waals surface area contributed by atoms with E-state index in [0.717, 1.165) is 23.3 Å². The highest BCUT2D eigenvalue weighted by atomic mass is 19.4. The van der Waals surface area contributed by atoms with E-state index in [1.165, 1.54) is 29.4 Å². The lowest BCUT2D eigenvalue weighted by Gasteiger charge is -2.13. The van der Waals surface area contributed by atoms with Crippen molar-refractivity contribution >= 4 is 11.6 Å². The van der Waals surface area contributed by atoms with Gasteiger partial charge in [0.05, 0.1) is 11.9 Å². The fraction of sp³-hybridized carbons (Fsp3) is 0.0800. The summed E-state index contributed by atoms with van der Waals surface area (Å²) >= 11 is 0. The van der Waals surface area contributed by atoms with Crippen LogP contribution in [0.1, 0.15) is 32.6 Å². The van der Waals surface area contributed by atoms with Gasteiger partial charge in [-0.25, -0.2) is 4.98 Å². The number of pyridine rings is 1. The second-order valence-electron chi connectivity index (χ2n) is 7.21. The topological polar surface area (TPSA) is 59.8 Å². The molecule has 0 spiro atoms. The van der Waals surface area contributed by atoms with E-state index in [-0.39, 0.29) is 11.3 Å². The molecule has 1 amide bonds. The number of alkyl halides is 3. The van der Waals surface area contributed by atoms with Crippen molar-refractivity contribution < 1.29 is 18.0 Å². The van der Waals surface area contributed by atoms with Gasteiger partial charge in [-0.3, -0.25) is 9.78 Å². The molecule has 0 atom stereocenters. The maximum absolute atomic E-state index is 13.4. The summed E-state index contributed by atoms with van der Waals surface area (Å²) in [6, 6.07) is 11.9. The van der Waals surface area contributed by atoms with Gasteiger partial charge in [-0.1, -0.05) is 17.9 Å². The van der Waals surface area contributed by atoms with Crippen LogP contribution in [0.3, 0.4) is 0 Å². The van der Waals surface area contributed by atoms with Gasteiger partial charge < -0.3 is 9.88 Å². The van der Waals surface area contributed by atoms with Crippen molar-refractivity contribution in [2.45, 2.75) is 13.1 Å². The molecule has 5 nitrogen and oxygen atoms in total. The number of aryl methyl sites for hydroxylation is 1. The molecule has 0 saturated carbocycles. The number of carbonyl (C=O) groups excluding carboxylic acids is 1. The molecule has 2 heterocycles. The minimum absolute atomic E-state index is 0.128. The first-order valence-corrected chi connectivity index (χ1v) is 9.84. The molecular formula is C25H17F3N4O. The maximum Gasteiger partial charge on any atom is 0.416 e. The summed E-state index contributed by atoms with van der Waals surface area (Å²) in [7, 11) is 0. The lowest BCUT2D eigenvalue weighted by molar-refractivity contribution is -0.137. The first-order chi connectivity index (χ1) is 15.8. The van der Waals surface area contributed by atoms with Crippen molar-refractivity contribution in [1.29, 1.82) is 0 Å². The van der Waals surface area contributed by atoms with Crippen LogP contribution in [0.15, 0.2) is 79.6 Å². The average Bonchev–Trinajstić information content (AvgIpc) is 3.34. The van der Waals surface area contributed by atoms with E-state index in [9.17, 15) is 18.0 Å². The molecule has 2 aromatic carbocycles. The van der Waals surface area contributed by atoms with E-state index in [4.69, 9.17) is 0 Å². The van der Waals surface area contributed by atoms with E-state index in [1.807, 2.05) is 13.0 Å². The summed E-state index contributed by atoms with van der Waals surface area (Å²) in [5.41, 5.74) is 1.86. The number of nitrogens with zero attached hydrogens (tertiary/aromatic N) is 3. The molecule has 0 bridgehead atoms. The second-order valence-corrected chi connectivity index (χ2v) is 7.21. The zero-order valence-electron chi connectivity index (χ0n) is 17.4. The number of benzene rings is 2. The molecule has 4 rings (SSSR count). The Morgan fingerprint density at radius 3 is 2.58 bits per heavy atom. The lowest BCUT2D eigenvalue weighted by atomic mass is 10.1. The first kappa shape index (κ1) is 21.8. The average molecular weight is 446 g/mol. The van der Waals surface area contributed by atoms with Gasteiger partial charge in [0, 0.05) is 52.9 Å². The molecule has 0 aliphatic carbocycles. The van der Waals surface area contributed by atoms with E-state index >= 15 is 0 Å². The molecule has 33 heavy (non-hydrogen) atoms. The predicted octanol–water partition coefficient (Wildman–Crippen LogP) is 5.25. The molecule has 0 aliphatic rings. The highest BCUT2D eigenvalue weighted by Crippen LogP contribution is 2.32. The molecular weight excluding hydrogens is 429 g/mol. The molecule has 2 aromatic heterocycles. The van der Waals surface area contributed by atoms with Crippen LogP contribution >= 0.6 is 0 Å². The number of nitrogens with one attached hydrogen (secondary N) is 1. The highest BCUT2D eigenvalue weighted by molar-refractivity contribution is 6.04. The zero-order chi connectivity index (χ0) is 23.4. The zero-order valence-corrected chi connectivity index (χ0v) is 17.4. The van der Waals surface area contributed by atoms with Crippen molar-refractivity contribution in [3.63, 3.8) is 0 Å². The van der Waals surface area contributed by atoms with Crippen molar-refractivity contribution in [3.8, 4) is 17.5 Å². The van der Waals surface area contributed by atoms with Crippen molar-refractivity contribution in [3.05, 3.63) is 107 Å². The fourth-order valence-electron chi connectivity index (χ4n) is 3.08. The maximum atomic E-state index is 13.4. The van der Waals surface area contributed by atoms with E-state index in [1.54, 1.807) is 36.7 Å².